The first kappa shape index (κ1) is 32.5. The van der Waals surface area contributed by atoms with Gasteiger partial charge in [0.2, 0.25) is 0 Å². The number of halogens is 1. The zero-order valence-electron chi connectivity index (χ0n) is 25.7. The van der Waals surface area contributed by atoms with Crippen LogP contribution in [-0.4, -0.2) is 42.0 Å². The summed E-state index contributed by atoms with van der Waals surface area (Å²) in [7, 11) is 1.47. The van der Waals surface area contributed by atoms with Crippen molar-refractivity contribution >= 4 is 24.4 Å². The summed E-state index contributed by atoms with van der Waals surface area (Å²) in [6.07, 6.45) is 7.44. The summed E-state index contributed by atoms with van der Waals surface area (Å²) in [5.74, 6) is 2.70. The van der Waals surface area contributed by atoms with Gasteiger partial charge in [-0.2, -0.15) is 0 Å². The van der Waals surface area contributed by atoms with Crippen molar-refractivity contribution in [2.45, 2.75) is 90.7 Å². The van der Waals surface area contributed by atoms with Gasteiger partial charge in [0.05, 0.1) is 30.2 Å². The van der Waals surface area contributed by atoms with Crippen molar-refractivity contribution in [1.82, 2.24) is 4.57 Å². The molecule has 5 rings (SSSR count). The first-order valence-electron chi connectivity index (χ1n) is 15.2. The van der Waals surface area contributed by atoms with Crippen LogP contribution in [0.25, 0.3) is 0 Å². The minimum absolute atomic E-state index is 0.0262. The van der Waals surface area contributed by atoms with E-state index in [-0.39, 0.29) is 35.5 Å². The molecule has 43 heavy (non-hydrogen) atoms. The maximum absolute atomic E-state index is 14.6. The maximum Gasteiger partial charge on any atom is 0.267 e. The van der Waals surface area contributed by atoms with Gasteiger partial charge in [0.1, 0.15) is 11.4 Å². The Bertz CT molecular complexity index is 1530. The second kappa shape index (κ2) is 13.9. The third-order valence-corrected chi connectivity index (χ3v) is 9.29. The van der Waals surface area contributed by atoms with Crippen molar-refractivity contribution in [2.75, 3.05) is 13.7 Å². The van der Waals surface area contributed by atoms with Crippen LogP contribution >= 0.6 is 0 Å². The van der Waals surface area contributed by atoms with Gasteiger partial charge in [-0.25, -0.2) is 14.6 Å². The largest absolute Gasteiger partial charge is 0.380 e. The van der Waals surface area contributed by atoms with E-state index in [9.17, 15) is 19.1 Å². The van der Waals surface area contributed by atoms with Gasteiger partial charge in [-0.1, -0.05) is 38.0 Å². The second-order valence-electron chi connectivity index (χ2n) is 12.0. The summed E-state index contributed by atoms with van der Waals surface area (Å²) in [6.45, 7) is 6.94. The Hall–Kier alpha value is -3.39. The molecule has 228 valence electrons. The molecule has 0 unspecified atom stereocenters. The van der Waals surface area contributed by atoms with Gasteiger partial charge in [0.15, 0.2) is 6.29 Å². The van der Waals surface area contributed by atoms with Crippen molar-refractivity contribution in [2.24, 2.45) is 16.6 Å². The SMILES string of the molecule is CC[C@@](O)(C=O)c1cc2n(c(=O)c1COC)C/C1=C(/C)CCCc3cc(cc(F)c3C)N=C12.N#CB1CCC(CN)CC1. The number of allylic oxidation sites excluding steroid dienone is 2. The fourth-order valence-corrected chi connectivity index (χ4v) is 6.29. The Labute approximate surface area is 253 Å². The highest BCUT2D eigenvalue weighted by Gasteiger charge is 2.36. The van der Waals surface area contributed by atoms with E-state index >= 15 is 0 Å². The first-order chi connectivity index (χ1) is 20.6. The number of aliphatic imine (C=N–C) groups is 1. The molecule has 0 spiro atoms. The number of hydrogen-bond donors (Lipinski definition) is 2. The molecule has 1 saturated heterocycles. The molecule has 0 radical (unpaired) electrons. The quantitative estimate of drug-likeness (QED) is 0.363. The number of nitrogens with two attached hydrogens (primary N) is 1. The van der Waals surface area contributed by atoms with Crippen LogP contribution in [-0.2, 0) is 34.7 Å². The first-order valence-corrected chi connectivity index (χ1v) is 15.2. The van der Waals surface area contributed by atoms with Crippen molar-refractivity contribution in [3.63, 3.8) is 0 Å². The average Bonchev–Trinajstić information content (AvgIpc) is 3.38. The molecule has 1 fully saturated rings. The number of pyridine rings is 1. The van der Waals surface area contributed by atoms with E-state index < -0.39 is 5.60 Å². The van der Waals surface area contributed by atoms with Gasteiger partial charge in [-0.15, -0.1) is 0 Å². The third-order valence-electron chi connectivity index (χ3n) is 9.29. The fraction of sp³-hybridized carbons (Fsp3) is 0.515. The molecule has 0 amide bonds. The second-order valence-corrected chi connectivity index (χ2v) is 12.0. The molecule has 2 aromatic rings. The third kappa shape index (κ3) is 6.74. The minimum Gasteiger partial charge on any atom is -0.380 e. The highest BCUT2D eigenvalue weighted by molar-refractivity contribution is 6.67. The molecule has 1 aromatic carbocycles. The zero-order chi connectivity index (χ0) is 31.3. The van der Waals surface area contributed by atoms with E-state index in [2.05, 4.69) is 5.97 Å². The van der Waals surface area contributed by atoms with Crippen LogP contribution < -0.4 is 11.3 Å². The van der Waals surface area contributed by atoms with Gasteiger partial charge in [-0.3, -0.25) is 9.59 Å². The number of nitriles is 1. The summed E-state index contributed by atoms with van der Waals surface area (Å²) >= 11 is 0. The highest BCUT2D eigenvalue weighted by Crippen LogP contribution is 2.34. The number of carbonyl (C=O) groups excluding carboxylic acids is 1. The van der Waals surface area contributed by atoms with Crippen LogP contribution in [0.5, 0.6) is 0 Å². The van der Waals surface area contributed by atoms with Gasteiger partial charge in [-0.05, 0) is 86.9 Å². The molecule has 10 heteroatoms. The number of ether oxygens (including phenoxy) is 1. The molecule has 2 bridgehead atoms. The van der Waals surface area contributed by atoms with Gasteiger partial charge < -0.3 is 20.1 Å². The Morgan fingerprint density at radius 2 is 2.00 bits per heavy atom. The number of aromatic nitrogens is 1. The normalized spacial score (nSPS) is 19.7. The number of methoxy groups -OCH3 is 1. The number of carbonyl (C=O) groups is 1. The lowest BCUT2D eigenvalue weighted by atomic mass is 9.42. The van der Waals surface area contributed by atoms with Crippen LogP contribution in [0.2, 0.25) is 12.6 Å². The Kier molecular flexibility index (Phi) is 10.5. The summed E-state index contributed by atoms with van der Waals surface area (Å²) in [5, 5.41) is 19.6. The molecular weight excluding hydrogens is 546 g/mol. The molecule has 0 saturated carbocycles. The van der Waals surface area contributed by atoms with E-state index in [1.165, 1.54) is 13.2 Å². The molecule has 1 atom stereocenters. The summed E-state index contributed by atoms with van der Waals surface area (Å²) in [5.41, 5.74) is 9.04. The molecule has 8 nitrogen and oxygen atoms in total. The molecule has 3 aliphatic heterocycles. The summed E-state index contributed by atoms with van der Waals surface area (Å²) < 4.78 is 21.5. The van der Waals surface area contributed by atoms with Crippen molar-refractivity contribution in [3.8, 4) is 5.97 Å². The van der Waals surface area contributed by atoms with Crippen LogP contribution in [0, 0.1) is 29.9 Å². The monoisotopic (exact) mass is 588 g/mol. The predicted molar refractivity (Wildman–Crippen MR) is 167 cm³/mol. The Balaban J connectivity index is 0.000000359. The number of rotatable bonds is 6. The van der Waals surface area contributed by atoms with Crippen molar-refractivity contribution in [1.29, 1.82) is 5.26 Å². The van der Waals surface area contributed by atoms with Gasteiger partial charge in [0, 0.05) is 24.2 Å². The maximum atomic E-state index is 14.6. The number of aldehydes is 1. The topological polar surface area (TPSA) is 131 Å². The lowest BCUT2D eigenvalue weighted by Gasteiger charge is -2.24. The predicted octanol–water partition coefficient (Wildman–Crippen LogP) is 4.94. The minimum atomic E-state index is -1.82. The molecule has 0 aliphatic carbocycles. The number of nitrogens with zero attached hydrogens (tertiary/aromatic N) is 3. The average molecular weight is 589 g/mol. The van der Waals surface area contributed by atoms with Gasteiger partial charge in [0.25, 0.3) is 12.3 Å². The molecule has 4 heterocycles. The molecule has 3 aliphatic rings. The van der Waals surface area contributed by atoms with E-state index in [4.69, 9.17) is 20.7 Å². The van der Waals surface area contributed by atoms with E-state index in [0.717, 1.165) is 68.0 Å². The molecular formula is C33H42BFN4O4. The highest BCUT2D eigenvalue weighted by atomic mass is 19.1. The number of benzene rings is 1. The van der Waals surface area contributed by atoms with E-state index in [0.29, 0.717) is 48.1 Å². The van der Waals surface area contributed by atoms with Crippen molar-refractivity contribution in [3.05, 3.63) is 73.5 Å². The smallest absolute Gasteiger partial charge is 0.267 e. The van der Waals surface area contributed by atoms with Crippen LogP contribution in [0.3, 0.4) is 0 Å². The zero-order valence-corrected chi connectivity index (χ0v) is 25.7. The van der Waals surface area contributed by atoms with Crippen LogP contribution in [0.1, 0.15) is 73.9 Å². The summed E-state index contributed by atoms with van der Waals surface area (Å²) in [4.78, 5) is 30.1. The fourth-order valence-electron chi connectivity index (χ4n) is 6.29. The standard InChI is InChI=1S/C26H29FN2O4.C7H13BN2/c1-5-26(32,14-30)21-11-23-24-19(12-29(23)25(31)20(21)13-33-4)15(2)7-6-8-17-9-18(28-24)10-22(27)16(17)3;9-5-7-1-3-8(6-10)4-2-7/h9-11,14,32H,5-8,12-13H2,1-4H3;7H,1-5,9H2/b19-15+,28-24?;/t26-;/m1./s1. The number of aryl methyl sites for hydroxylation is 1. The number of hydrogen-bond acceptors (Lipinski definition) is 7. The van der Waals surface area contributed by atoms with E-state index in [1.54, 1.807) is 24.5 Å². The van der Waals surface area contributed by atoms with Crippen LogP contribution in [0.4, 0.5) is 10.1 Å². The molecule has 1 aromatic heterocycles. The molecule has 3 N–H and O–H groups in total. The van der Waals surface area contributed by atoms with Crippen LogP contribution in [0.15, 0.2) is 39.1 Å². The Morgan fingerprint density at radius 3 is 2.60 bits per heavy atom. The van der Waals surface area contributed by atoms with Gasteiger partial charge >= 0.3 is 0 Å². The lowest BCUT2D eigenvalue weighted by Crippen LogP contribution is -2.35. The summed E-state index contributed by atoms with van der Waals surface area (Å²) in [6, 6.07) is 4.98. The van der Waals surface area contributed by atoms with E-state index in [1.807, 2.05) is 13.0 Å². The lowest BCUT2D eigenvalue weighted by molar-refractivity contribution is -0.125. The van der Waals surface area contributed by atoms with Crippen molar-refractivity contribution < 1.29 is 19.0 Å². The Morgan fingerprint density at radius 1 is 1.28 bits per heavy atom. The number of aliphatic hydroxyl groups is 1. The number of fused-ring (bicyclic) bond motifs is 5.